The van der Waals surface area contributed by atoms with Crippen LogP contribution in [0.2, 0.25) is 0 Å². The molecule has 0 aliphatic heterocycles. The van der Waals surface area contributed by atoms with Crippen molar-refractivity contribution >= 4 is 17.3 Å². The number of methoxy groups -OCH3 is 1. The van der Waals surface area contributed by atoms with Crippen molar-refractivity contribution in [2.24, 2.45) is 0 Å². The van der Waals surface area contributed by atoms with E-state index in [0.717, 1.165) is 0 Å². The first-order valence-corrected chi connectivity index (χ1v) is 6.21. The lowest BCUT2D eigenvalue weighted by atomic mass is 10.1. The molecule has 1 aromatic heterocycles. The number of nitrogens with zero attached hydrogens (tertiary/aromatic N) is 3. The molecule has 0 aliphatic carbocycles. The molecule has 2 rings (SSSR count). The first-order chi connectivity index (χ1) is 10.0. The molecule has 0 fully saturated rings. The summed E-state index contributed by atoms with van der Waals surface area (Å²) in [6, 6.07) is 4.03. The lowest BCUT2D eigenvalue weighted by Gasteiger charge is -2.05. The zero-order chi connectivity index (χ0) is 15.4. The van der Waals surface area contributed by atoms with Crippen LogP contribution in [-0.4, -0.2) is 27.7 Å². The second-order valence-corrected chi connectivity index (χ2v) is 4.18. The van der Waals surface area contributed by atoms with Crippen molar-refractivity contribution in [2.45, 2.75) is 13.5 Å². The van der Waals surface area contributed by atoms with E-state index in [4.69, 9.17) is 4.74 Å². The summed E-state index contributed by atoms with van der Waals surface area (Å²) in [7, 11) is 1.33. The van der Waals surface area contributed by atoms with Crippen LogP contribution in [0.1, 0.15) is 17.3 Å². The number of rotatable bonds is 5. The molecule has 1 aromatic carbocycles. The van der Waals surface area contributed by atoms with Crippen LogP contribution >= 0.6 is 0 Å². The highest BCUT2D eigenvalue weighted by Gasteiger charge is 2.18. The highest BCUT2D eigenvalue weighted by atomic mass is 16.6. The quantitative estimate of drug-likeness (QED) is 0.671. The van der Waals surface area contributed by atoms with Gasteiger partial charge >= 0.3 is 5.69 Å². The Morgan fingerprint density at radius 3 is 2.86 bits per heavy atom. The maximum atomic E-state index is 12.1. The number of ether oxygens (including phenoxy) is 1. The average Bonchev–Trinajstić information content (AvgIpc) is 2.94. The average molecular weight is 290 g/mol. The molecule has 0 bridgehead atoms. The lowest BCUT2D eigenvalue weighted by Crippen LogP contribution is -2.12. The number of nitro groups is 1. The van der Waals surface area contributed by atoms with E-state index in [2.05, 4.69) is 10.4 Å². The van der Waals surface area contributed by atoms with Crippen molar-refractivity contribution in [3.8, 4) is 5.75 Å². The molecule has 0 radical (unpaired) electrons. The molecule has 2 aromatic rings. The molecule has 21 heavy (non-hydrogen) atoms. The zero-order valence-corrected chi connectivity index (χ0v) is 11.6. The van der Waals surface area contributed by atoms with Gasteiger partial charge in [0.05, 0.1) is 23.9 Å². The minimum absolute atomic E-state index is 0.107. The van der Waals surface area contributed by atoms with Crippen molar-refractivity contribution < 1.29 is 14.5 Å². The molecule has 0 saturated carbocycles. The summed E-state index contributed by atoms with van der Waals surface area (Å²) in [5, 5.41) is 17.6. The Bertz CT molecular complexity index is 681. The van der Waals surface area contributed by atoms with Gasteiger partial charge in [-0.25, -0.2) is 0 Å². The van der Waals surface area contributed by atoms with Gasteiger partial charge in [0.1, 0.15) is 0 Å². The fourth-order valence-electron chi connectivity index (χ4n) is 1.78. The maximum Gasteiger partial charge on any atom is 0.311 e. The summed E-state index contributed by atoms with van der Waals surface area (Å²) in [5.74, 6) is -0.341. The van der Waals surface area contributed by atoms with Gasteiger partial charge < -0.3 is 10.1 Å². The third kappa shape index (κ3) is 3.16. The molecule has 0 aliphatic rings. The molecule has 0 unspecified atom stereocenters. The third-order valence-corrected chi connectivity index (χ3v) is 2.85. The van der Waals surface area contributed by atoms with Gasteiger partial charge in [0.2, 0.25) is 0 Å². The van der Waals surface area contributed by atoms with Gasteiger partial charge in [0, 0.05) is 24.4 Å². The summed E-state index contributed by atoms with van der Waals surface area (Å²) < 4.78 is 6.55. The van der Waals surface area contributed by atoms with Crippen molar-refractivity contribution in [2.75, 3.05) is 12.4 Å². The number of amides is 1. The number of nitro benzene ring substituents is 1. The van der Waals surface area contributed by atoms with Crippen LogP contribution in [0.5, 0.6) is 5.75 Å². The number of hydrogen-bond acceptors (Lipinski definition) is 5. The topological polar surface area (TPSA) is 99.3 Å². The molecule has 1 heterocycles. The SMILES string of the molecule is CCn1cc(NC(=O)c2ccc(OC)c([N+](=O)[O-])c2)cn1. The van der Waals surface area contributed by atoms with E-state index in [1.807, 2.05) is 6.92 Å². The molecule has 110 valence electrons. The minimum Gasteiger partial charge on any atom is -0.490 e. The van der Waals surface area contributed by atoms with E-state index in [1.165, 1.54) is 31.5 Å². The monoisotopic (exact) mass is 290 g/mol. The van der Waals surface area contributed by atoms with E-state index in [9.17, 15) is 14.9 Å². The van der Waals surface area contributed by atoms with Crippen molar-refractivity contribution in [1.82, 2.24) is 9.78 Å². The predicted molar refractivity (Wildman–Crippen MR) is 75.5 cm³/mol. The van der Waals surface area contributed by atoms with E-state index >= 15 is 0 Å². The molecule has 0 spiro atoms. The van der Waals surface area contributed by atoms with Crippen LogP contribution in [0, 0.1) is 10.1 Å². The van der Waals surface area contributed by atoms with Crippen LogP contribution in [0.4, 0.5) is 11.4 Å². The number of carbonyl (C=O) groups is 1. The first kappa shape index (κ1) is 14.5. The minimum atomic E-state index is -0.593. The molecule has 1 N–H and O–H groups in total. The number of benzene rings is 1. The Morgan fingerprint density at radius 1 is 1.52 bits per heavy atom. The van der Waals surface area contributed by atoms with Crippen LogP contribution in [0.15, 0.2) is 30.6 Å². The smallest absolute Gasteiger partial charge is 0.311 e. The predicted octanol–water partition coefficient (Wildman–Crippen LogP) is 2.07. The summed E-state index contributed by atoms with van der Waals surface area (Å²) in [4.78, 5) is 22.4. The Hall–Kier alpha value is -2.90. The number of aryl methyl sites for hydroxylation is 1. The van der Waals surface area contributed by atoms with Crippen LogP contribution in [0.25, 0.3) is 0 Å². The fourth-order valence-corrected chi connectivity index (χ4v) is 1.78. The number of anilines is 1. The lowest BCUT2D eigenvalue weighted by molar-refractivity contribution is -0.385. The van der Waals surface area contributed by atoms with E-state index in [1.54, 1.807) is 10.9 Å². The van der Waals surface area contributed by atoms with Gasteiger partial charge in [-0.15, -0.1) is 0 Å². The Labute approximate surface area is 120 Å². The molecule has 8 nitrogen and oxygen atoms in total. The van der Waals surface area contributed by atoms with E-state index in [-0.39, 0.29) is 17.0 Å². The Kier molecular flexibility index (Phi) is 4.17. The summed E-state index contributed by atoms with van der Waals surface area (Å²) >= 11 is 0. The number of aromatic nitrogens is 2. The highest BCUT2D eigenvalue weighted by Crippen LogP contribution is 2.27. The van der Waals surface area contributed by atoms with Crippen LogP contribution in [0.3, 0.4) is 0 Å². The largest absolute Gasteiger partial charge is 0.490 e. The zero-order valence-electron chi connectivity index (χ0n) is 11.6. The first-order valence-electron chi connectivity index (χ1n) is 6.21. The van der Waals surface area contributed by atoms with Gasteiger partial charge in [-0.05, 0) is 19.1 Å². The summed E-state index contributed by atoms with van der Waals surface area (Å²) in [5.41, 5.74) is 0.446. The second-order valence-electron chi connectivity index (χ2n) is 4.18. The maximum absolute atomic E-state index is 12.1. The second kappa shape index (κ2) is 6.04. The number of hydrogen-bond donors (Lipinski definition) is 1. The van der Waals surface area contributed by atoms with Gasteiger partial charge in [-0.1, -0.05) is 0 Å². The number of nitrogens with one attached hydrogen (secondary N) is 1. The van der Waals surface area contributed by atoms with Gasteiger partial charge in [0.15, 0.2) is 5.75 Å². The van der Waals surface area contributed by atoms with Gasteiger partial charge in [0.25, 0.3) is 5.91 Å². The summed E-state index contributed by atoms with van der Waals surface area (Å²) in [6.45, 7) is 2.61. The Balaban J connectivity index is 2.22. The van der Waals surface area contributed by atoms with Crippen molar-refractivity contribution in [1.29, 1.82) is 0 Å². The molecule has 1 amide bonds. The van der Waals surface area contributed by atoms with E-state index in [0.29, 0.717) is 12.2 Å². The Morgan fingerprint density at radius 2 is 2.29 bits per heavy atom. The molecule has 0 atom stereocenters. The highest BCUT2D eigenvalue weighted by molar-refractivity contribution is 6.04. The third-order valence-electron chi connectivity index (χ3n) is 2.85. The van der Waals surface area contributed by atoms with Gasteiger partial charge in [-0.3, -0.25) is 19.6 Å². The molecular formula is C13H14N4O4. The number of carbonyl (C=O) groups excluding carboxylic acids is 1. The standard InChI is InChI=1S/C13H14N4O4/c1-3-16-8-10(7-14-16)15-13(18)9-4-5-12(21-2)11(6-9)17(19)20/h4-8H,3H2,1-2H3,(H,15,18). The van der Waals surface area contributed by atoms with Crippen molar-refractivity contribution in [3.63, 3.8) is 0 Å². The van der Waals surface area contributed by atoms with E-state index < -0.39 is 10.8 Å². The molecular weight excluding hydrogens is 276 g/mol. The molecule has 0 saturated heterocycles. The fraction of sp³-hybridized carbons (Fsp3) is 0.231. The van der Waals surface area contributed by atoms with Crippen molar-refractivity contribution in [3.05, 3.63) is 46.3 Å². The molecule has 8 heteroatoms. The summed E-state index contributed by atoms with van der Waals surface area (Å²) in [6.07, 6.45) is 3.19. The van der Waals surface area contributed by atoms with Crippen LogP contribution < -0.4 is 10.1 Å². The normalized spacial score (nSPS) is 10.2. The van der Waals surface area contributed by atoms with Crippen LogP contribution in [-0.2, 0) is 6.54 Å². The van der Waals surface area contributed by atoms with Gasteiger partial charge in [-0.2, -0.15) is 5.10 Å².